The van der Waals surface area contributed by atoms with Gasteiger partial charge in [-0.15, -0.1) is 0 Å². The predicted octanol–water partition coefficient (Wildman–Crippen LogP) is 3.08. The summed E-state index contributed by atoms with van der Waals surface area (Å²) in [5, 5.41) is 8.96. The molecular formula is C9H9BrClNO2. The number of carboxylic acids is 1. The Morgan fingerprint density at radius 1 is 1.71 bits per heavy atom. The van der Waals surface area contributed by atoms with Crippen LogP contribution in [0.3, 0.4) is 0 Å². The van der Waals surface area contributed by atoms with Crippen LogP contribution in [0.2, 0.25) is 5.15 Å². The van der Waals surface area contributed by atoms with E-state index in [0.717, 1.165) is 0 Å². The molecule has 0 aliphatic rings. The number of aliphatic carboxylic acids is 1. The van der Waals surface area contributed by atoms with Crippen molar-refractivity contribution in [2.45, 2.75) is 19.3 Å². The normalized spacial score (nSPS) is 12.5. The van der Waals surface area contributed by atoms with Crippen molar-refractivity contribution in [3.8, 4) is 0 Å². The highest BCUT2D eigenvalue weighted by Gasteiger charge is 2.12. The topological polar surface area (TPSA) is 50.2 Å². The third-order valence-electron chi connectivity index (χ3n) is 1.81. The van der Waals surface area contributed by atoms with Gasteiger partial charge in [-0.2, -0.15) is 0 Å². The van der Waals surface area contributed by atoms with Gasteiger partial charge in [0.2, 0.25) is 0 Å². The summed E-state index contributed by atoms with van der Waals surface area (Å²) >= 11 is 9.01. The maximum Gasteiger partial charge on any atom is 0.304 e. The van der Waals surface area contributed by atoms with Crippen LogP contribution in [0.25, 0.3) is 0 Å². The van der Waals surface area contributed by atoms with Crippen LogP contribution in [0.1, 0.15) is 25.0 Å². The van der Waals surface area contributed by atoms with E-state index in [2.05, 4.69) is 20.9 Å². The zero-order chi connectivity index (χ0) is 10.7. The Morgan fingerprint density at radius 3 is 2.86 bits per heavy atom. The van der Waals surface area contributed by atoms with Crippen LogP contribution in [-0.4, -0.2) is 16.1 Å². The van der Waals surface area contributed by atoms with Gasteiger partial charge in [0.1, 0.15) is 5.15 Å². The molecule has 76 valence electrons. The summed E-state index contributed by atoms with van der Waals surface area (Å²) in [4.78, 5) is 14.5. The van der Waals surface area contributed by atoms with Crippen molar-refractivity contribution in [1.82, 2.24) is 4.98 Å². The molecule has 0 saturated carbocycles. The smallest absolute Gasteiger partial charge is 0.304 e. The monoisotopic (exact) mass is 277 g/mol. The molecule has 1 atom stereocenters. The minimum absolute atomic E-state index is 0.0605. The summed E-state index contributed by atoms with van der Waals surface area (Å²) < 4.78 is 0.713. The van der Waals surface area contributed by atoms with Crippen LogP contribution >= 0.6 is 27.5 Å². The second-order valence-corrected chi connectivity index (χ2v) is 4.22. The third-order valence-corrected chi connectivity index (χ3v) is 2.97. The van der Waals surface area contributed by atoms with Crippen LogP contribution < -0.4 is 0 Å². The highest BCUT2D eigenvalue weighted by molar-refractivity contribution is 9.10. The SMILES string of the molecule is CC(CC(=O)O)c1ccc(Br)c(Cl)n1. The van der Waals surface area contributed by atoms with Crippen LogP contribution in [0.5, 0.6) is 0 Å². The number of carboxylic acid groups (broad SMARTS) is 1. The number of hydrogen-bond acceptors (Lipinski definition) is 2. The second kappa shape index (κ2) is 4.75. The van der Waals surface area contributed by atoms with Gasteiger partial charge in [-0.05, 0) is 28.1 Å². The molecule has 0 aliphatic heterocycles. The number of halogens is 2. The molecule has 14 heavy (non-hydrogen) atoms. The average molecular weight is 279 g/mol. The Balaban J connectivity index is 2.85. The van der Waals surface area contributed by atoms with Crippen LogP contribution in [0, 0.1) is 0 Å². The van der Waals surface area contributed by atoms with Crippen molar-refractivity contribution in [2.75, 3.05) is 0 Å². The van der Waals surface area contributed by atoms with Gasteiger partial charge in [-0.1, -0.05) is 18.5 Å². The molecule has 1 N–H and O–H groups in total. The average Bonchev–Trinajstić information content (AvgIpc) is 2.08. The molecule has 0 saturated heterocycles. The van der Waals surface area contributed by atoms with Crippen molar-refractivity contribution in [2.24, 2.45) is 0 Å². The van der Waals surface area contributed by atoms with Crippen molar-refractivity contribution in [3.05, 3.63) is 27.5 Å². The molecule has 1 rings (SSSR count). The first-order valence-electron chi connectivity index (χ1n) is 4.04. The number of nitrogens with zero attached hydrogens (tertiary/aromatic N) is 1. The van der Waals surface area contributed by atoms with E-state index in [4.69, 9.17) is 16.7 Å². The van der Waals surface area contributed by atoms with Gasteiger partial charge in [0.05, 0.1) is 10.9 Å². The van der Waals surface area contributed by atoms with E-state index >= 15 is 0 Å². The number of rotatable bonds is 3. The fraction of sp³-hybridized carbons (Fsp3) is 0.333. The lowest BCUT2D eigenvalue weighted by Gasteiger charge is -2.08. The fourth-order valence-electron chi connectivity index (χ4n) is 1.07. The zero-order valence-corrected chi connectivity index (χ0v) is 9.84. The first kappa shape index (κ1) is 11.5. The Kier molecular flexibility index (Phi) is 3.89. The molecule has 0 radical (unpaired) electrons. The van der Waals surface area contributed by atoms with Crippen molar-refractivity contribution < 1.29 is 9.90 Å². The number of carbonyl (C=O) groups is 1. The standard InChI is InChI=1S/C9H9BrClNO2/c1-5(4-8(13)14)7-3-2-6(10)9(11)12-7/h2-3,5H,4H2,1H3,(H,13,14). The van der Waals surface area contributed by atoms with E-state index in [1.807, 2.05) is 0 Å². The van der Waals surface area contributed by atoms with Crippen molar-refractivity contribution >= 4 is 33.5 Å². The van der Waals surface area contributed by atoms with Gasteiger partial charge < -0.3 is 5.11 Å². The molecule has 0 aromatic carbocycles. The second-order valence-electron chi connectivity index (χ2n) is 3.01. The minimum atomic E-state index is -0.835. The molecule has 0 spiro atoms. The molecule has 1 aromatic rings. The Bertz CT molecular complexity index is 357. The maximum absolute atomic E-state index is 10.5. The van der Waals surface area contributed by atoms with Gasteiger partial charge in [0.15, 0.2) is 0 Å². The summed E-state index contributed by atoms with van der Waals surface area (Å²) in [6.07, 6.45) is 0.0605. The van der Waals surface area contributed by atoms with Crippen LogP contribution in [-0.2, 0) is 4.79 Å². The molecule has 1 aromatic heterocycles. The van der Waals surface area contributed by atoms with Gasteiger partial charge in [0.25, 0.3) is 0 Å². The first-order chi connectivity index (χ1) is 6.50. The lowest BCUT2D eigenvalue weighted by Crippen LogP contribution is -2.04. The van der Waals surface area contributed by atoms with Crippen LogP contribution in [0.4, 0.5) is 0 Å². The summed E-state index contributed by atoms with van der Waals surface area (Å²) in [5.41, 5.74) is 0.695. The minimum Gasteiger partial charge on any atom is -0.481 e. The first-order valence-corrected chi connectivity index (χ1v) is 5.21. The molecule has 5 heteroatoms. The molecule has 0 fully saturated rings. The molecule has 1 unspecified atom stereocenters. The van der Waals surface area contributed by atoms with Gasteiger partial charge in [-0.25, -0.2) is 4.98 Å². The van der Waals surface area contributed by atoms with Crippen molar-refractivity contribution in [3.63, 3.8) is 0 Å². The predicted molar refractivity (Wildman–Crippen MR) is 57.6 cm³/mol. The van der Waals surface area contributed by atoms with E-state index in [-0.39, 0.29) is 12.3 Å². The third kappa shape index (κ3) is 2.96. The lowest BCUT2D eigenvalue weighted by atomic mass is 10.0. The highest BCUT2D eigenvalue weighted by atomic mass is 79.9. The van der Waals surface area contributed by atoms with Gasteiger partial charge in [0, 0.05) is 11.6 Å². The van der Waals surface area contributed by atoms with E-state index < -0.39 is 5.97 Å². The maximum atomic E-state index is 10.5. The Labute approximate surface area is 95.2 Å². The largest absolute Gasteiger partial charge is 0.481 e. The van der Waals surface area contributed by atoms with Crippen LogP contribution in [0.15, 0.2) is 16.6 Å². The number of hydrogen-bond donors (Lipinski definition) is 1. The quantitative estimate of drug-likeness (QED) is 0.865. The molecule has 3 nitrogen and oxygen atoms in total. The van der Waals surface area contributed by atoms with Crippen molar-refractivity contribution in [1.29, 1.82) is 0 Å². The number of pyridine rings is 1. The summed E-state index contributed by atoms with van der Waals surface area (Å²) in [6, 6.07) is 3.53. The van der Waals surface area contributed by atoms with E-state index in [0.29, 0.717) is 15.3 Å². The molecule has 0 bridgehead atoms. The molecular weight excluding hydrogens is 269 g/mol. The molecule has 0 amide bonds. The van der Waals surface area contributed by atoms with Gasteiger partial charge >= 0.3 is 5.97 Å². The van der Waals surface area contributed by atoms with E-state index in [9.17, 15) is 4.79 Å². The lowest BCUT2D eigenvalue weighted by molar-refractivity contribution is -0.137. The van der Waals surface area contributed by atoms with Gasteiger partial charge in [-0.3, -0.25) is 4.79 Å². The molecule has 0 aliphatic carbocycles. The molecule has 1 heterocycles. The summed E-state index contributed by atoms with van der Waals surface area (Å²) in [5.74, 6) is -0.962. The Hall–Kier alpha value is -0.610. The van der Waals surface area contributed by atoms with E-state index in [1.165, 1.54) is 0 Å². The fourth-order valence-corrected chi connectivity index (χ4v) is 1.45. The Morgan fingerprint density at radius 2 is 2.36 bits per heavy atom. The summed E-state index contributed by atoms with van der Waals surface area (Å²) in [6.45, 7) is 1.81. The summed E-state index contributed by atoms with van der Waals surface area (Å²) in [7, 11) is 0. The van der Waals surface area contributed by atoms with E-state index in [1.54, 1.807) is 19.1 Å². The zero-order valence-electron chi connectivity index (χ0n) is 7.50. The highest BCUT2D eigenvalue weighted by Crippen LogP contribution is 2.24. The number of aromatic nitrogens is 1.